The molecule has 1 aromatic rings. The first-order valence-electron chi connectivity index (χ1n) is 2.63. The molecule has 0 fully saturated rings. The summed E-state index contributed by atoms with van der Waals surface area (Å²) >= 11 is 3.98. The standard InChI is InChI=1S/C6H5NO2S.Na.H/c8-7(9)5-1-3-6(10)4-2-5;;/h1-4,10H;;/q;+1;-1. The van der Waals surface area contributed by atoms with Gasteiger partial charge in [0.05, 0.1) is 4.92 Å². The van der Waals surface area contributed by atoms with Crippen LogP contribution in [-0.2, 0) is 0 Å². The van der Waals surface area contributed by atoms with Crippen LogP contribution in [-0.4, -0.2) is 4.92 Å². The van der Waals surface area contributed by atoms with E-state index in [0.29, 0.717) is 0 Å². The zero-order valence-electron chi connectivity index (χ0n) is 7.02. The first-order chi connectivity index (χ1) is 4.70. The quantitative estimate of drug-likeness (QED) is 0.260. The molecule has 0 bridgehead atoms. The number of hydrogen-bond acceptors (Lipinski definition) is 3. The third-order valence-electron chi connectivity index (χ3n) is 1.06. The van der Waals surface area contributed by atoms with E-state index in [2.05, 4.69) is 12.6 Å². The van der Waals surface area contributed by atoms with Gasteiger partial charge in [-0.15, -0.1) is 12.6 Å². The number of nitro benzene ring substituents is 1. The summed E-state index contributed by atoms with van der Waals surface area (Å²) in [7, 11) is 0. The number of hydrogen-bond donors (Lipinski definition) is 1. The summed E-state index contributed by atoms with van der Waals surface area (Å²) in [5.74, 6) is 0. The summed E-state index contributed by atoms with van der Waals surface area (Å²) in [5.41, 5.74) is 0.0952. The molecule has 0 aliphatic rings. The van der Waals surface area contributed by atoms with Crippen molar-refractivity contribution in [1.29, 1.82) is 0 Å². The van der Waals surface area contributed by atoms with Gasteiger partial charge in [0.2, 0.25) is 0 Å². The predicted octanol–water partition coefficient (Wildman–Crippen LogP) is -1.00. The topological polar surface area (TPSA) is 43.1 Å². The fraction of sp³-hybridized carbons (Fsp3) is 0. The summed E-state index contributed by atoms with van der Waals surface area (Å²) < 4.78 is 0. The molecule has 0 heterocycles. The molecule has 0 atom stereocenters. The summed E-state index contributed by atoms with van der Waals surface area (Å²) in [6.45, 7) is 0. The van der Waals surface area contributed by atoms with Gasteiger partial charge in [0, 0.05) is 17.0 Å². The van der Waals surface area contributed by atoms with E-state index >= 15 is 0 Å². The maximum absolute atomic E-state index is 10.1. The zero-order valence-corrected chi connectivity index (χ0v) is 8.91. The van der Waals surface area contributed by atoms with Crippen LogP contribution in [0.3, 0.4) is 0 Å². The van der Waals surface area contributed by atoms with E-state index < -0.39 is 4.92 Å². The van der Waals surface area contributed by atoms with Crippen molar-refractivity contribution in [1.82, 2.24) is 0 Å². The molecule has 0 aromatic heterocycles. The largest absolute Gasteiger partial charge is 1.00 e. The predicted molar refractivity (Wildman–Crippen MR) is 41.5 cm³/mol. The number of thiol groups is 1. The summed E-state index contributed by atoms with van der Waals surface area (Å²) in [6, 6.07) is 6.01. The Hall–Kier alpha value is -0.0300. The average Bonchev–Trinajstić information content (AvgIpc) is 1.88. The van der Waals surface area contributed by atoms with Gasteiger partial charge in [0.25, 0.3) is 5.69 Å². The van der Waals surface area contributed by atoms with Gasteiger partial charge in [-0.1, -0.05) is 0 Å². The van der Waals surface area contributed by atoms with Gasteiger partial charge in [-0.2, -0.15) is 0 Å². The molecule has 0 unspecified atom stereocenters. The second kappa shape index (κ2) is 4.77. The Morgan fingerprint density at radius 2 is 1.82 bits per heavy atom. The smallest absolute Gasteiger partial charge is 1.00 e. The number of nitrogens with zero attached hydrogens (tertiary/aromatic N) is 1. The fourth-order valence-corrected chi connectivity index (χ4v) is 0.723. The Labute approximate surface area is 93.1 Å². The molecular formula is C6H6NNaO2S. The van der Waals surface area contributed by atoms with Gasteiger partial charge in [-0.3, -0.25) is 10.1 Å². The molecule has 0 aliphatic heterocycles. The van der Waals surface area contributed by atoms with E-state index in [9.17, 15) is 10.1 Å². The summed E-state index contributed by atoms with van der Waals surface area (Å²) in [4.78, 5) is 10.4. The number of non-ortho nitro benzene ring substituents is 1. The van der Waals surface area contributed by atoms with Gasteiger partial charge in [0.1, 0.15) is 0 Å². The maximum atomic E-state index is 10.1. The normalized spacial score (nSPS) is 8.45. The van der Waals surface area contributed by atoms with Gasteiger partial charge in [-0.05, 0) is 12.1 Å². The van der Waals surface area contributed by atoms with Crippen LogP contribution in [0.5, 0.6) is 0 Å². The minimum absolute atomic E-state index is 0. The van der Waals surface area contributed by atoms with Crippen molar-refractivity contribution in [3.8, 4) is 0 Å². The molecule has 1 aromatic carbocycles. The van der Waals surface area contributed by atoms with Crippen molar-refractivity contribution in [3.63, 3.8) is 0 Å². The van der Waals surface area contributed by atoms with Gasteiger partial charge < -0.3 is 1.43 Å². The van der Waals surface area contributed by atoms with Crippen LogP contribution >= 0.6 is 12.6 Å². The molecule has 0 saturated carbocycles. The van der Waals surface area contributed by atoms with Crippen LogP contribution in [0.4, 0.5) is 5.69 Å². The first-order valence-corrected chi connectivity index (χ1v) is 3.08. The van der Waals surface area contributed by atoms with E-state index in [1.54, 1.807) is 12.1 Å². The van der Waals surface area contributed by atoms with E-state index in [0.717, 1.165) is 4.90 Å². The van der Waals surface area contributed by atoms with Crippen LogP contribution in [0.2, 0.25) is 0 Å². The van der Waals surface area contributed by atoms with Crippen molar-refractivity contribution in [2.75, 3.05) is 0 Å². The van der Waals surface area contributed by atoms with Gasteiger partial charge >= 0.3 is 29.6 Å². The molecule has 1 rings (SSSR count). The second-order valence-corrected chi connectivity index (χ2v) is 2.29. The molecule has 0 spiro atoms. The van der Waals surface area contributed by atoms with Crippen molar-refractivity contribution < 1.29 is 35.9 Å². The zero-order chi connectivity index (χ0) is 7.56. The summed E-state index contributed by atoms with van der Waals surface area (Å²) in [6.07, 6.45) is 0. The van der Waals surface area contributed by atoms with E-state index in [4.69, 9.17) is 0 Å². The molecule has 54 valence electrons. The monoisotopic (exact) mass is 179 g/mol. The Morgan fingerprint density at radius 3 is 2.18 bits per heavy atom. The van der Waals surface area contributed by atoms with Crippen LogP contribution < -0.4 is 29.6 Å². The molecule has 0 radical (unpaired) electrons. The minimum Gasteiger partial charge on any atom is -1.00 e. The Kier molecular flexibility index (Phi) is 4.76. The number of nitro groups is 1. The van der Waals surface area contributed by atoms with Crippen molar-refractivity contribution in [3.05, 3.63) is 34.4 Å². The Balaban J connectivity index is 0. The van der Waals surface area contributed by atoms with E-state index in [1.807, 2.05) is 0 Å². The average molecular weight is 179 g/mol. The summed E-state index contributed by atoms with van der Waals surface area (Å²) in [5, 5.41) is 10.1. The van der Waals surface area contributed by atoms with Crippen molar-refractivity contribution in [2.45, 2.75) is 4.90 Å². The Bertz CT molecular complexity index is 254. The van der Waals surface area contributed by atoms with E-state index in [-0.39, 0.29) is 36.7 Å². The second-order valence-electron chi connectivity index (χ2n) is 1.77. The molecule has 0 amide bonds. The van der Waals surface area contributed by atoms with Crippen molar-refractivity contribution in [2.24, 2.45) is 0 Å². The SMILES string of the molecule is O=[N+]([O-])c1ccc(S)cc1.[H-].[Na+]. The third-order valence-corrected chi connectivity index (χ3v) is 1.36. The molecule has 11 heavy (non-hydrogen) atoms. The first kappa shape index (κ1) is 11.0. The van der Waals surface area contributed by atoms with Gasteiger partial charge in [-0.25, -0.2) is 0 Å². The Morgan fingerprint density at radius 1 is 1.36 bits per heavy atom. The third kappa shape index (κ3) is 3.25. The molecule has 5 heteroatoms. The molecule has 0 N–H and O–H groups in total. The van der Waals surface area contributed by atoms with E-state index in [1.165, 1.54) is 12.1 Å². The molecular weight excluding hydrogens is 173 g/mol. The molecule has 0 saturated heterocycles. The van der Waals surface area contributed by atoms with Crippen LogP contribution in [0, 0.1) is 10.1 Å². The van der Waals surface area contributed by atoms with Crippen LogP contribution in [0.25, 0.3) is 0 Å². The molecule has 3 nitrogen and oxygen atoms in total. The van der Waals surface area contributed by atoms with Crippen molar-refractivity contribution >= 4 is 18.3 Å². The van der Waals surface area contributed by atoms with Gasteiger partial charge in [0.15, 0.2) is 0 Å². The molecule has 0 aliphatic carbocycles. The number of benzene rings is 1. The van der Waals surface area contributed by atoms with Crippen LogP contribution in [0.15, 0.2) is 29.2 Å². The maximum Gasteiger partial charge on any atom is 1.00 e. The minimum atomic E-state index is -0.437. The fourth-order valence-electron chi connectivity index (χ4n) is 0.574. The van der Waals surface area contributed by atoms with Crippen LogP contribution in [0.1, 0.15) is 1.43 Å². The number of rotatable bonds is 1.